The zero-order valence-electron chi connectivity index (χ0n) is 17.2. The summed E-state index contributed by atoms with van der Waals surface area (Å²) < 4.78 is 0. The van der Waals surface area contributed by atoms with E-state index in [9.17, 15) is 15.0 Å². The second-order valence-corrected chi connectivity index (χ2v) is 8.68. The molecule has 4 aromatic rings. The lowest BCUT2D eigenvalue weighted by Gasteiger charge is -2.21. The smallest absolute Gasteiger partial charge is 0.230 e. The van der Waals surface area contributed by atoms with Crippen LogP contribution in [0.25, 0.3) is 21.8 Å². The highest BCUT2D eigenvalue weighted by Crippen LogP contribution is 2.37. The number of nitrogens with zero attached hydrogens (tertiary/aromatic N) is 2. The second kappa shape index (κ2) is 8.53. The highest BCUT2D eigenvalue weighted by Gasteiger charge is 2.23. The van der Waals surface area contributed by atoms with Gasteiger partial charge >= 0.3 is 0 Å². The summed E-state index contributed by atoms with van der Waals surface area (Å²) in [6.45, 7) is 0.0122. The maximum absolute atomic E-state index is 12.8. The molecule has 2 aromatic heterocycles. The molecule has 1 amide bonds. The molecule has 0 aliphatic heterocycles. The zero-order valence-corrected chi connectivity index (χ0v) is 18.0. The number of carbonyl (C=O) groups excluding carboxylic acids is 1. The number of rotatable bonds is 5. The molecule has 1 aliphatic carbocycles. The summed E-state index contributed by atoms with van der Waals surface area (Å²) in [5, 5.41) is 23.8. The number of fused-ring (bicyclic) bond motifs is 3. The second-order valence-electron chi connectivity index (χ2n) is 7.73. The summed E-state index contributed by atoms with van der Waals surface area (Å²) in [5.41, 5.74) is 6.20. The van der Waals surface area contributed by atoms with Crippen LogP contribution in [0.1, 0.15) is 22.4 Å². The highest BCUT2D eigenvalue weighted by molar-refractivity contribution is 7.13. The molecule has 160 valence electrons. The Balaban J connectivity index is 1.51. The molecule has 1 aliphatic rings. The lowest BCUT2D eigenvalue weighted by Crippen LogP contribution is -2.18. The maximum Gasteiger partial charge on any atom is 0.230 e. The summed E-state index contributed by atoms with van der Waals surface area (Å²) in [6.07, 6.45) is 1.70. The van der Waals surface area contributed by atoms with E-state index in [1.54, 1.807) is 35.6 Å². The van der Waals surface area contributed by atoms with Crippen molar-refractivity contribution >= 4 is 23.1 Å². The van der Waals surface area contributed by atoms with Crippen LogP contribution in [0.4, 0.5) is 5.82 Å². The van der Waals surface area contributed by atoms with E-state index in [-0.39, 0.29) is 24.7 Å². The van der Waals surface area contributed by atoms with Gasteiger partial charge < -0.3 is 15.5 Å². The standard InChI is InChI=1S/C25H21N3O3S/c29-14-16-5-9-19-17(12-16)6-10-20-23(19)28-24(21-2-1-11-32-21)25(26-20)27-22(31)13-15-3-7-18(30)8-4-15/h1-5,7-9,11-12,29-30H,6,10,13-14H2,(H,26,27,31). The van der Waals surface area contributed by atoms with Gasteiger partial charge in [-0.25, -0.2) is 9.97 Å². The number of hydrogen-bond acceptors (Lipinski definition) is 6. The molecule has 32 heavy (non-hydrogen) atoms. The fraction of sp³-hybridized carbons (Fsp3) is 0.160. The van der Waals surface area contributed by atoms with Crippen molar-refractivity contribution < 1.29 is 15.0 Å². The van der Waals surface area contributed by atoms with E-state index in [0.717, 1.165) is 51.4 Å². The first-order valence-corrected chi connectivity index (χ1v) is 11.2. The summed E-state index contributed by atoms with van der Waals surface area (Å²) in [7, 11) is 0. The first-order valence-electron chi connectivity index (χ1n) is 10.4. The first-order chi connectivity index (χ1) is 15.6. The minimum Gasteiger partial charge on any atom is -0.508 e. The number of phenols is 1. The van der Waals surface area contributed by atoms with E-state index < -0.39 is 0 Å². The Morgan fingerprint density at radius 2 is 1.81 bits per heavy atom. The summed E-state index contributed by atoms with van der Waals surface area (Å²) in [5.74, 6) is 0.443. The molecule has 2 heterocycles. The molecule has 0 saturated heterocycles. The van der Waals surface area contributed by atoms with Crippen molar-refractivity contribution in [2.75, 3.05) is 5.32 Å². The number of nitrogens with one attached hydrogen (secondary N) is 1. The predicted molar refractivity (Wildman–Crippen MR) is 125 cm³/mol. The van der Waals surface area contributed by atoms with Gasteiger partial charge in [-0.15, -0.1) is 11.3 Å². The Labute approximate surface area is 189 Å². The van der Waals surface area contributed by atoms with Crippen LogP contribution in [0.15, 0.2) is 60.0 Å². The third-order valence-electron chi connectivity index (χ3n) is 5.52. The molecule has 3 N–H and O–H groups in total. The van der Waals surface area contributed by atoms with E-state index in [2.05, 4.69) is 5.32 Å². The lowest BCUT2D eigenvalue weighted by atomic mass is 9.90. The van der Waals surface area contributed by atoms with Crippen LogP contribution in [0.5, 0.6) is 5.75 Å². The number of aliphatic hydroxyl groups is 1. The topological polar surface area (TPSA) is 95.3 Å². The van der Waals surface area contributed by atoms with Gasteiger partial charge in [0.2, 0.25) is 5.91 Å². The normalized spacial score (nSPS) is 12.2. The van der Waals surface area contributed by atoms with Crippen molar-refractivity contribution in [3.8, 4) is 27.6 Å². The average molecular weight is 444 g/mol. The highest BCUT2D eigenvalue weighted by atomic mass is 32.1. The minimum atomic E-state index is -0.188. The molecule has 0 fully saturated rings. The van der Waals surface area contributed by atoms with Gasteiger partial charge in [0.25, 0.3) is 0 Å². The Hall–Kier alpha value is -3.55. The van der Waals surface area contributed by atoms with Crippen LogP contribution in [0, 0.1) is 0 Å². The number of benzene rings is 2. The van der Waals surface area contributed by atoms with Crippen molar-refractivity contribution in [3.63, 3.8) is 0 Å². The van der Waals surface area contributed by atoms with Crippen molar-refractivity contribution in [3.05, 3.63) is 82.4 Å². The molecule has 0 spiro atoms. The van der Waals surface area contributed by atoms with Gasteiger partial charge in [-0.05, 0) is 53.1 Å². The van der Waals surface area contributed by atoms with Crippen LogP contribution >= 0.6 is 11.3 Å². The van der Waals surface area contributed by atoms with Gasteiger partial charge in [-0.1, -0.05) is 36.4 Å². The number of aryl methyl sites for hydroxylation is 2. The molecule has 0 unspecified atom stereocenters. The molecule has 0 bridgehead atoms. The number of hydrogen-bond donors (Lipinski definition) is 3. The summed E-state index contributed by atoms with van der Waals surface area (Å²) in [6, 6.07) is 16.4. The van der Waals surface area contributed by atoms with Crippen molar-refractivity contribution in [2.45, 2.75) is 25.9 Å². The van der Waals surface area contributed by atoms with Crippen molar-refractivity contribution in [2.24, 2.45) is 0 Å². The fourth-order valence-electron chi connectivity index (χ4n) is 3.94. The number of aromatic hydroxyl groups is 1. The van der Waals surface area contributed by atoms with Gasteiger partial charge in [0.15, 0.2) is 5.82 Å². The fourth-order valence-corrected chi connectivity index (χ4v) is 4.66. The number of aliphatic hydroxyl groups excluding tert-OH is 1. The number of phenolic OH excluding ortho intramolecular Hbond substituents is 1. The van der Waals surface area contributed by atoms with Crippen molar-refractivity contribution in [1.29, 1.82) is 0 Å². The SMILES string of the molecule is O=C(Cc1ccc(O)cc1)Nc1nc2c(nc1-c1cccs1)-c1ccc(CO)cc1CC2. The number of amides is 1. The van der Waals surface area contributed by atoms with Gasteiger partial charge in [0.05, 0.1) is 29.3 Å². The van der Waals surface area contributed by atoms with E-state index in [4.69, 9.17) is 9.97 Å². The quantitative estimate of drug-likeness (QED) is 0.426. The largest absolute Gasteiger partial charge is 0.508 e. The minimum absolute atomic E-state index is 0.0122. The van der Waals surface area contributed by atoms with Gasteiger partial charge in [0.1, 0.15) is 11.4 Å². The monoisotopic (exact) mass is 443 g/mol. The van der Waals surface area contributed by atoms with E-state index in [1.165, 1.54) is 0 Å². The number of thiophene rings is 1. The number of anilines is 1. The maximum atomic E-state index is 12.8. The third kappa shape index (κ3) is 4.00. The van der Waals surface area contributed by atoms with E-state index in [1.807, 2.05) is 35.7 Å². The Morgan fingerprint density at radius 3 is 2.56 bits per heavy atom. The Kier molecular flexibility index (Phi) is 5.43. The van der Waals surface area contributed by atoms with Gasteiger partial charge in [-0.2, -0.15) is 0 Å². The molecule has 0 saturated carbocycles. The molecular formula is C25H21N3O3S. The van der Waals surface area contributed by atoms with Crippen LogP contribution in [0.3, 0.4) is 0 Å². The van der Waals surface area contributed by atoms with Crippen molar-refractivity contribution in [1.82, 2.24) is 9.97 Å². The van der Waals surface area contributed by atoms with Crippen LogP contribution < -0.4 is 5.32 Å². The van der Waals surface area contributed by atoms with Crippen LogP contribution in [-0.2, 0) is 30.7 Å². The average Bonchev–Trinajstić information content (AvgIpc) is 3.34. The molecule has 7 heteroatoms. The Bertz CT molecular complexity index is 1280. The van der Waals surface area contributed by atoms with E-state index >= 15 is 0 Å². The first kappa shape index (κ1) is 20.4. The van der Waals surface area contributed by atoms with Gasteiger partial charge in [-0.3, -0.25) is 4.79 Å². The molecule has 0 radical (unpaired) electrons. The summed E-state index contributed by atoms with van der Waals surface area (Å²) >= 11 is 1.55. The zero-order chi connectivity index (χ0) is 22.1. The van der Waals surface area contributed by atoms with E-state index in [0.29, 0.717) is 11.5 Å². The molecule has 6 nitrogen and oxygen atoms in total. The number of aromatic nitrogens is 2. The summed E-state index contributed by atoms with van der Waals surface area (Å²) in [4.78, 5) is 23.5. The van der Waals surface area contributed by atoms with Gasteiger partial charge in [0, 0.05) is 5.56 Å². The Morgan fingerprint density at radius 1 is 1.00 bits per heavy atom. The third-order valence-corrected chi connectivity index (χ3v) is 6.40. The molecule has 5 rings (SSSR count). The van der Waals surface area contributed by atoms with Crippen LogP contribution in [0.2, 0.25) is 0 Å². The number of carbonyl (C=O) groups is 1. The molecule has 0 atom stereocenters. The van der Waals surface area contributed by atoms with Crippen LogP contribution in [-0.4, -0.2) is 26.1 Å². The predicted octanol–water partition coefficient (Wildman–Crippen LogP) is 4.35. The lowest BCUT2D eigenvalue weighted by molar-refractivity contribution is -0.115. The molecular weight excluding hydrogens is 422 g/mol. The molecule has 2 aromatic carbocycles.